The summed E-state index contributed by atoms with van der Waals surface area (Å²) in [6.45, 7) is 6.25. The molecular formula is C8H18O. The molecule has 0 unspecified atom stereocenters. The van der Waals surface area contributed by atoms with Gasteiger partial charge in [0.2, 0.25) is 0 Å². The SMILES string of the molecule is C.CC(C)(C)C1(O)CC1. The molecule has 1 saturated carbocycles. The molecule has 1 nitrogen and oxygen atoms in total. The maximum atomic E-state index is 9.47. The summed E-state index contributed by atoms with van der Waals surface area (Å²) in [5.41, 5.74) is -0.208. The van der Waals surface area contributed by atoms with Crippen molar-refractivity contribution in [3.63, 3.8) is 0 Å². The van der Waals surface area contributed by atoms with E-state index in [1.807, 2.05) is 0 Å². The van der Waals surface area contributed by atoms with Crippen LogP contribution in [0.5, 0.6) is 0 Å². The minimum Gasteiger partial charge on any atom is -0.389 e. The summed E-state index contributed by atoms with van der Waals surface area (Å²) >= 11 is 0. The zero-order chi connectivity index (χ0) is 6.41. The molecule has 1 aliphatic carbocycles. The molecule has 56 valence electrons. The van der Waals surface area contributed by atoms with Crippen molar-refractivity contribution in [1.82, 2.24) is 0 Å². The van der Waals surface area contributed by atoms with Crippen molar-refractivity contribution in [2.45, 2.75) is 46.6 Å². The topological polar surface area (TPSA) is 20.2 Å². The molecule has 0 aromatic heterocycles. The molecular weight excluding hydrogens is 112 g/mol. The van der Waals surface area contributed by atoms with Crippen molar-refractivity contribution in [3.8, 4) is 0 Å². The highest BCUT2D eigenvalue weighted by molar-refractivity contribution is 5.02. The van der Waals surface area contributed by atoms with E-state index < -0.39 is 0 Å². The van der Waals surface area contributed by atoms with Gasteiger partial charge < -0.3 is 5.11 Å². The van der Waals surface area contributed by atoms with E-state index in [2.05, 4.69) is 20.8 Å². The summed E-state index contributed by atoms with van der Waals surface area (Å²) in [5.74, 6) is 0. The average Bonchev–Trinajstić information content (AvgIpc) is 2.16. The van der Waals surface area contributed by atoms with Crippen LogP contribution in [-0.4, -0.2) is 10.7 Å². The molecule has 0 radical (unpaired) electrons. The predicted octanol–water partition coefficient (Wildman–Crippen LogP) is 2.19. The van der Waals surface area contributed by atoms with E-state index in [0.29, 0.717) is 0 Å². The van der Waals surface area contributed by atoms with E-state index in [4.69, 9.17) is 0 Å². The quantitative estimate of drug-likeness (QED) is 0.533. The Kier molecular flexibility index (Phi) is 1.97. The lowest BCUT2D eigenvalue weighted by atomic mass is 9.87. The second kappa shape index (κ2) is 1.98. The van der Waals surface area contributed by atoms with Gasteiger partial charge in [-0.05, 0) is 18.3 Å². The minimum absolute atomic E-state index is 0. The highest BCUT2D eigenvalue weighted by Gasteiger charge is 2.50. The number of hydrogen-bond acceptors (Lipinski definition) is 1. The summed E-state index contributed by atoms with van der Waals surface area (Å²) in [6.07, 6.45) is 1.99. The van der Waals surface area contributed by atoms with Gasteiger partial charge >= 0.3 is 0 Å². The summed E-state index contributed by atoms with van der Waals surface area (Å²) in [4.78, 5) is 0. The van der Waals surface area contributed by atoms with Crippen molar-refractivity contribution in [3.05, 3.63) is 0 Å². The highest BCUT2D eigenvalue weighted by Crippen LogP contribution is 2.49. The third-order valence-corrected chi connectivity index (χ3v) is 2.12. The molecule has 0 spiro atoms. The predicted molar refractivity (Wildman–Crippen MR) is 40.4 cm³/mol. The zero-order valence-corrected chi connectivity index (χ0v) is 5.86. The summed E-state index contributed by atoms with van der Waals surface area (Å²) < 4.78 is 0. The first-order chi connectivity index (χ1) is 3.46. The average molecular weight is 130 g/mol. The second-order valence-electron chi connectivity index (χ2n) is 3.78. The Balaban J connectivity index is 0.000000640. The maximum Gasteiger partial charge on any atom is 0.0697 e. The third-order valence-electron chi connectivity index (χ3n) is 2.12. The first-order valence-corrected chi connectivity index (χ1v) is 3.18. The Hall–Kier alpha value is -0.0400. The standard InChI is InChI=1S/C7H14O.CH4/c1-6(2,3)7(8)4-5-7;/h8H,4-5H2,1-3H3;1H4. The molecule has 0 aliphatic heterocycles. The molecule has 0 aromatic carbocycles. The van der Waals surface area contributed by atoms with Crippen molar-refractivity contribution in [2.75, 3.05) is 0 Å². The minimum atomic E-state index is -0.312. The third kappa shape index (κ3) is 1.45. The van der Waals surface area contributed by atoms with E-state index in [1.165, 1.54) is 0 Å². The Bertz CT molecular complexity index is 92.4. The fraction of sp³-hybridized carbons (Fsp3) is 1.00. The Labute approximate surface area is 58.1 Å². The first-order valence-electron chi connectivity index (χ1n) is 3.18. The Morgan fingerprint density at radius 2 is 1.56 bits per heavy atom. The largest absolute Gasteiger partial charge is 0.389 e. The maximum absolute atomic E-state index is 9.47. The van der Waals surface area contributed by atoms with Gasteiger partial charge in [-0.25, -0.2) is 0 Å². The van der Waals surface area contributed by atoms with E-state index in [1.54, 1.807) is 0 Å². The van der Waals surface area contributed by atoms with Crippen LogP contribution < -0.4 is 0 Å². The Morgan fingerprint density at radius 1 is 1.22 bits per heavy atom. The van der Waals surface area contributed by atoms with Crippen LogP contribution in [0, 0.1) is 5.41 Å². The normalized spacial score (nSPS) is 22.7. The zero-order valence-electron chi connectivity index (χ0n) is 5.86. The van der Waals surface area contributed by atoms with Gasteiger partial charge in [-0.2, -0.15) is 0 Å². The van der Waals surface area contributed by atoms with Crippen LogP contribution in [0.1, 0.15) is 41.0 Å². The molecule has 0 saturated heterocycles. The van der Waals surface area contributed by atoms with Crippen molar-refractivity contribution >= 4 is 0 Å². The van der Waals surface area contributed by atoms with Gasteiger partial charge in [0.05, 0.1) is 5.60 Å². The molecule has 1 aliphatic rings. The lowest BCUT2D eigenvalue weighted by Gasteiger charge is -2.24. The number of rotatable bonds is 0. The van der Waals surface area contributed by atoms with Gasteiger partial charge in [-0.3, -0.25) is 0 Å². The molecule has 1 rings (SSSR count). The molecule has 0 heterocycles. The fourth-order valence-electron chi connectivity index (χ4n) is 0.868. The van der Waals surface area contributed by atoms with Crippen LogP contribution in [0.3, 0.4) is 0 Å². The molecule has 9 heavy (non-hydrogen) atoms. The molecule has 0 bridgehead atoms. The van der Waals surface area contributed by atoms with Crippen LogP contribution in [0.25, 0.3) is 0 Å². The molecule has 1 fully saturated rings. The van der Waals surface area contributed by atoms with Crippen LogP contribution in [-0.2, 0) is 0 Å². The van der Waals surface area contributed by atoms with Crippen molar-refractivity contribution in [2.24, 2.45) is 5.41 Å². The van der Waals surface area contributed by atoms with Gasteiger partial charge in [0, 0.05) is 0 Å². The molecule has 0 amide bonds. The fourth-order valence-corrected chi connectivity index (χ4v) is 0.868. The van der Waals surface area contributed by atoms with E-state index >= 15 is 0 Å². The van der Waals surface area contributed by atoms with Gasteiger partial charge in [0.25, 0.3) is 0 Å². The monoisotopic (exact) mass is 130 g/mol. The van der Waals surface area contributed by atoms with E-state index in [9.17, 15) is 5.11 Å². The smallest absolute Gasteiger partial charge is 0.0697 e. The summed E-state index contributed by atoms with van der Waals surface area (Å²) in [5, 5.41) is 9.47. The molecule has 0 aromatic rings. The van der Waals surface area contributed by atoms with Crippen LogP contribution in [0.4, 0.5) is 0 Å². The van der Waals surface area contributed by atoms with Gasteiger partial charge in [-0.1, -0.05) is 28.2 Å². The van der Waals surface area contributed by atoms with E-state index in [-0.39, 0.29) is 18.4 Å². The lowest BCUT2D eigenvalue weighted by molar-refractivity contribution is 0.0374. The molecule has 1 heteroatoms. The molecule has 1 N–H and O–H groups in total. The van der Waals surface area contributed by atoms with Crippen LogP contribution in [0.2, 0.25) is 0 Å². The summed E-state index contributed by atoms with van der Waals surface area (Å²) in [7, 11) is 0. The van der Waals surface area contributed by atoms with Gasteiger partial charge in [0.15, 0.2) is 0 Å². The van der Waals surface area contributed by atoms with Crippen LogP contribution in [0.15, 0.2) is 0 Å². The Morgan fingerprint density at radius 3 is 1.56 bits per heavy atom. The number of aliphatic hydroxyl groups is 1. The number of hydrogen-bond donors (Lipinski definition) is 1. The molecule has 0 atom stereocenters. The van der Waals surface area contributed by atoms with Crippen LogP contribution >= 0.6 is 0 Å². The van der Waals surface area contributed by atoms with Gasteiger partial charge in [0.1, 0.15) is 0 Å². The summed E-state index contributed by atoms with van der Waals surface area (Å²) in [6, 6.07) is 0. The van der Waals surface area contributed by atoms with Crippen molar-refractivity contribution in [1.29, 1.82) is 0 Å². The highest BCUT2D eigenvalue weighted by atomic mass is 16.3. The first kappa shape index (κ1) is 8.96. The van der Waals surface area contributed by atoms with Gasteiger partial charge in [-0.15, -0.1) is 0 Å². The second-order valence-corrected chi connectivity index (χ2v) is 3.78. The lowest BCUT2D eigenvalue weighted by Crippen LogP contribution is -2.27. The van der Waals surface area contributed by atoms with Crippen molar-refractivity contribution < 1.29 is 5.11 Å². The van der Waals surface area contributed by atoms with E-state index in [0.717, 1.165) is 12.8 Å².